The van der Waals surface area contributed by atoms with Crippen LogP contribution in [0.25, 0.3) is 0 Å². The second-order valence-electron chi connectivity index (χ2n) is 9.42. The van der Waals surface area contributed by atoms with Gasteiger partial charge < -0.3 is 9.80 Å². The highest BCUT2D eigenvalue weighted by atomic mass is 19.4. The molecule has 2 aliphatic rings. The standard InChI is InChI=1S/C25H32F3N5O2/c1-3-23(34)33-12-11-20-8-6-9-21(30(20)2)16-31(14-18-7-4-5-10-22(18)33)24(35)17-32-15-19(13-29-32)25(26,27)28/h4-5,7,10,13,15,20-21H,3,6,8-9,11-12,14,16-17H2,1-2H3. The van der Waals surface area contributed by atoms with Crippen LogP contribution < -0.4 is 4.90 Å². The predicted octanol–water partition coefficient (Wildman–Crippen LogP) is 3.93. The minimum absolute atomic E-state index is 0.0285. The lowest BCUT2D eigenvalue weighted by Gasteiger charge is -2.41. The maximum Gasteiger partial charge on any atom is 0.419 e. The quantitative estimate of drug-likeness (QED) is 0.653. The Bertz CT molecular complexity index is 1050. The zero-order valence-corrected chi connectivity index (χ0v) is 20.2. The van der Waals surface area contributed by atoms with E-state index in [-0.39, 0.29) is 30.9 Å². The molecule has 1 aromatic heterocycles. The van der Waals surface area contributed by atoms with E-state index < -0.39 is 11.7 Å². The van der Waals surface area contributed by atoms with Crippen LogP contribution in [0.1, 0.15) is 50.2 Å². The molecule has 190 valence electrons. The van der Waals surface area contributed by atoms with E-state index in [1.54, 1.807) is 4.90 Å². The molecular weight excluding hydrogens is 459 g/mol. The number of piperidine rings is 1. The molecule has 2 amide bonds. The summed E-state index contributed by atoms with van der Waals surface area (Å²) in [6, 6.07) is 8.01. The van der Waals surface area contributed by atoms with Gasteiger partial charge >= 0.3 is 6.18 Å². The molecule has 2 atom stereocenters. The van der Waals surface area contributed by atoms with Gasteiger partial charge in [0.05, 0.1) is 11.8 Å². The number of likely N-dealkylation sites (N-methyl/N-ethyl adjacent to an activating group) is 1. The predicted molar refractivity (Wildman–Crippen MR) is 126 cm³/mol. The molecule has 0 N–H and O–H groups in total. The molecule has 1 aromatic carbocycles. The second-order valence-corrected chi connectivity index (χ2v) is 9.42. The maximum atomic E-state index is 13.4. The molecule has 2 unspecified atom stereocenters. The highest BCUT2D eigenvalue weighted by Gasteiger charge is 2.34. The van der Waals surface area contributed by atoms with Crippen LogP contribution in [0.15, 0.2) is 36.7 Å². The zero-order valence-electron chi connectivity index (χ0n) is 20.2. The van der Waals surface area contributed by atoms with Crippen LogP contribution in [-0.4, -0.2) is 63.6 Å². The molecule has 2 aromatic rings. The number of aromatic nitrogens is 2. The van der Waals surface area contributed by atoms with Crippen LogP contribution >= 0.6 is 0 Å². The number of hydrogen-bond acceptors (Lipinski definition) is 4. The summed E-state index contributed by atoms with van der Waals surface area (Å²) in [5.74, 6) is -0.277. The molecule has 35 heavy (non-hydrogen) atoms. The average Bonchev–Trinajstić information content (AvgIpc) is 3.30. The number of halogens is 3. The second kappa shape index (κ2) is 10.4. The third-order valence-corrected chi connectivity index (χ3v) is 7.20. The van der Waals surface area contributed by atoms with E-state index in [1.807, 2.05) is 36.1 Å². The smallest absolute Gasteiger partial charge is 0.335 e. The van der Waals surface area contributed by atoms with E-state index in [4.69, 9.17) is 0 Å². The highest BCUT2D eigenvalue weighted by Crippen LogP contribution is 2.31. The molecule has 10 heteroatoms. The van der Waals surface area contributed by atoms with Crippen molar-refractivity contribution in [1.82, 2.24) is 19.6 Å². The topological polar surface area (TPSA) is 61.7 Å². The van der Waals surface area contributed by atoms with Crippen molar-refractivity contribution in [3.8, 4) is 0 Å². The Labute approximate surface area is 203 Å². The van der Waals surface area contributed by atoms with Gasteiger partial charge in [-0.25, -0.2) is 0 Å². The van der Waals surface area contributed by atoms with Gasteiger partial charge in [-0.05, 0) is 37.9 Å². The summed E-state index contributed by atoms with van der Waals surface area (Å²) in [7, 11) is 2.07. The number of hydrogen-bond donors (Lipinski definition) is 0. The van der Waals surface area contributed by atoms with Crippen molar-refractivity contribution in [3.63, 3.8) is 0 Å². The van der Waals surface area contributed by atoms with E-state index in [1.165, 1.54) is 0 Å². The molecule has 2 bridgehead atoms. The molecule has 1 fully saturated rings. The van der Waals surface area contributed by atoms with Gasteiger partial charge in [-0.2, -0.15) is 18.3 Å². The third kappa shape index (κ3) is 5.69. The Balaban J connectivity index is 1.66. The van der Waals surface area contributed by atoms with Crippen LogP contribution in [0, 0.1) is 0 Å². The fourth-order valence-corrected chi connectivity index (χ4v) is 5.17. The van der Waals surface area contributed by atoms with Crippen molar-refractivity contribution in [2.45, 2.75) is 70.4 Å². The Morgan fingerprint density at radius 1 is 1.09 bits per heavy atom. The summed E-state index contributed by atoms with van der Waals surface area (Å²) in [5, 5.41) is 3.76. The number of para-hydroxylation sites is 1. The average molecular weight is 492 g/mol. The van der Waals surface area contributed by atoms with Crippen molar-refractivity contribution >= 4 is 17.5 Å². The first kappa shape index (κ1) is 25.2. The third-order valence-electron chi connectivity index (χ3n) is 7.20. The van der Waals surface area contributed by atoms with Crippen LogP contribution in [0.3, 0.4) is 0 Å². The molecule has 4 rings (SSSR count). The number of alkyl halides is 3. The summed E-state index contributed by atoms with van der Waals surface area (Å²) in [6.07, 6.45) is 1.32. The lowest BCUT2D eigenvalue weighted by molar-refractivity contribution is -0.138. The van der Waals surface area contributed by atoms with Crippen molar-refractivity contribution in [2.24, 2.45) is 0 Å². The number of fused-ring (bicyclic) bond motifs is 3. The first-order valence-corrected chi connectivity index (χ1v) is 12.1. The van der Waals surface area contributed by atoms with Crippen molar-refractivity contribution in [1.29, 1.82) is 0 Å². The van der Waals surface area contributed by atoms with Crippen molar-refractivity contribution < 1.29 is 22.8 Å². The molecular formula is C25H32F3N5O2. The largest absolute Gasteiger partial charge is 0.419 e. The number of carbonyl (C=O) groups is 2. The summed E-state index contributed by atoms with van der Waals surface area (Å²) < 4.78 is 40.1. The fraction of sp³-hybridized carbons (Fsp3) is 0.560. The monoisotopic (exact) mass is 491 g/mol. The number of nitrogens with zero attached hydrogens (tertiary/aromatic N) is 5. The van der Waals surface area contributed by atoms with Crippen molar-refractivity contribution in [2.75, 3.05) is 25.0 Å². The van der Waals surface area contributed by atoms with Gasteiger partial charge in [-0.1, -0.05) is 31.5 Å². The van der Waals surface area contributed by atoms with Gasteiger partial charge in [-0.15, -0.1) is 0 Å². The van der Waals surface area contributed by atoms with E-state index in [0.29, 0.717) is 25.6 Å². The molecule has 0 saturated carbocycles. The van der Waals surface area contributed by atoms with Gasteiger partial charge in [0.25, 0.3) is 0 Å². The Hall–Kier alpha value is -2.88. The SMILES string of the molecule is CCC(=O)N1CCC2CCCC(CN(C(=O)Cn3cc(C(F)(F)F)cn3)Cc3ccccc31)N2C. The van der Waals surface area contributed by atoms with Crippen molar-refractivity contribution in [3.05, 3.63) is 47.8 Å². The van der Waals surface area contributed by atoms with Crippen LogP contribution in [0.5, 0.6) is 0 Å². The molecule has 0 aliphatic carbocycles. The highest BCUT2D eigenvalue weighted by molar-refractivity contribution is 5.94. The molecule has 0 radical (unpaired) electrons. The number of amides is 2. The lowest BCUT2D eigenvalue weighted by atomic mass is 9.93. The molecule has 3 heterocycles. The van der Waals surface area contributed by atoms with Gasteiger partial charge in [0.1, 0.15) is 6.54 Å². The summed E-state index contributed by atoms with van der Waals surface area (Å²) in [4.78, 5) is 32.1. The fourth-order valence-electron chi connectivity index (χ4n) is 5.17. The minimum atomic E-state index is -4.51. The van der Waals surface area contributed by atoms with E-state index >= 15 is 0 Å². The van der Waals surface area contributed by atoms with E-state index in [9.17, 15) is 22.8 Å². The summed E-state index contributed by atoms with van der Waals surface area (Å²) in [6.45, 7) is 2.90. The van der Waals surface area contributed by atoms with Gasteiger partial charge in [0, 0.05) is 50.0 Å². The Morgan fingerprint density at radius 3 is 2.54 bits per heavy atom. The normalized spacial score (nSPS) is 21.9. The van der Waals surface area contributed by atoms with Crippen LogP contribution in [0.2, 0.25) is 0 Å². The van der Waals surface area contributed by atoms with Gasteiger partial charge in [0.15, 0.2) is 0 Å². The first-order chi connectivity index (χ1) is 16.7. The Kier molecular flexibility index (Phi) is 7.49. The van der Waals surface area contributed by atoms with Crippen LogP contribution in [0.4, 0.5) is 18.9 Å². The van der Waals surface area contributed by atoms with E-state index in [2.05, 4.69) is 17.0 Å². The molecule has 2 aliphatic heterocycles. The van der Waals surface area contributed by atoms with Gasteiger partial charge in [0.2, 0.25) is 11.8 Å². The summed E-state index contributed by atoms with van der Waals surface area (Å²) >= 11 is 0. The number of anilines is 1. The Morgan fingerprint density at radius 2 is 1.83 bits per heavy atom. The van der Waals surface area contributed by atoms with Crippen LogP contribution in [-0.2, 0) is 28.9 Å². The zero-order chi connectivity index (χ0) is 25.2. The minimum Gasteiger partial charge on any atom is -0.335 e. The molecule has 7 nitrogen and oxygen atoms in total. The number of benzene rings is 1. The molecule has 1 saturated heterocycles. The maximum absolute atomic E-state index is 13.4. The lowest BCUT2D eigenvalue weighted by Crippen LogP contribution is -2.51. The first-order valence-electron chi connectivity index (χ1n) is 12.1. The number of carbonyl (C=O) groups excluding carboxylic acids is 2. The van der Waals surface area contributed by atoms with E-state index in [0.717, 1.165) is 54.0 Å². The molecule has 0 spiro atoms. The number of rotatable bonds is 3. The van der Waals surface area contributed by atoms with Gasteiger partial charge in [-0.3, -0.25) is 19.2 Å². The summed E-state index contributed by atoms with van der Waals surface area (Å²) in [5.41, 5.74) is 0.754.